The summed E-state index contributed by atoms with van der Waals surface area (Å²) in [4.78, 5) is 7.83. The third-order valence-electron chi connectivity index (χ3n) is 7.00. The largest absolute Gasteiger partial charge is 0.416 e. The fraction of sp³-hybridized carbons (Fsp3) is 0.156. The highest BCUT2D eigenvalue weighted by atomic mass is 31.2. The molecule has 5 aromatic rings. The topological polar surface area (TPSA) is 29.3 Å². The van der Waals surface area contributed by atoms with Gasteiger partial charge in [0.1, 0.15) is 15.9 Å². The van der Waals surface area contributed by atoms with Crippen molar-refractivity contribution in [1.29, 1.82) is 0 Å². The second-order valence-electron chi connectivity index (χ2n) is 9.24. The lowest BCUT2D eigenvalue weighted by Crippen LogP contribution is -2.42. The minimum atomic E-state index is -2.36. The lowest BCUT2D eigenvalue weighted by Gasteiger charge is -2.30. The summed E-state index contributed by atoms with van der Waals surface area (Å²) in [5, 5.41) is 3.86. The van der Waals surface area contributed by atoms with Gasteiger partial charge in [0.25, 0.3) is 11.3 Å². The van der Waals surface area contributed by atoms with Crippen LogP contribution in [0.2, 0.25) is 0 Å². The van der Waals surface area contributed by atoms with Gasteiger partial charge in [-0.1, -0.05) is 72.8 Å². The predicted octanol–water partition coefficient (Wildman–Crippen LogP) is 5.95. The summed E-state index contributed by atoms with van der Waals surface area (Å²) < 4.78 is 6.75. The lowest BCUT2D eigenvalue weighted by molar-refractivity contribution is 0.506. The molecular formula is C32H30N2OP+. The summed E-state index contributed by atoms with van der Waals surface area (Å²) in [6, 6.07) is 43.1. The maximum atomic E-state index is 6.75. The normalized spacial score (nSPS) is 14.1. The van der Waals surface area contributed by atoms with E-state index in [1.54, 1.807) is 0 Å². The predicted molar refractivity (Wildman–Crippen MR) is 153 cm³/mol. The van der Waals surface area contributed by atoms with Gasteiger partial charge in [-0.3, -0.25) is 0 Å². The number of nitrogens with zero attached hydrogens (tertiary/aromatic N) is 2. The zero-order valence-electron chi connectivity index (χ0n) is 20.3. The Balaban J connectivity index is 1.71. The Morgan fingerprint density at radius 3 is 1.47 bits per heavy atom. The number of aromatic nitrogens is 1. The molecule has 1 saturated heterocycles. The van der Waals surface area contributed by atoms with Crippen molar-refractivity contribution in [3.8, 4) is 11.5 Å². The molecule has 178 valence electrons. The van der Waals surface area contributed by atoms with Crippen molar-refractivity contribution in [2.75, 3.05) is 18.0 Å². The van der Waals surface area contributed by atoms with E-state index in [0.29, 0.717) is 5.89 Å². The smallest absolute Gasteiger partial charge is 0.262 e. The molecule has 0 radical (unpaired) electrons. The van der Waals surface area contributed by atoms with Crippen LogP contribution in [-0.2, 0) is 0 Å². The SMILES string of the molecule is c1ccc(-c2nc([P+](c3ccccc3)(c3ccccc3)c3ccccc3)c(N3CCCCC3)o2)cc1. The molecule has 2 heterocycles. The van der Waals surface area contributed by atoms with Crippen LogP contribution in [0.4, 0.5) is 5.88 Å². The lowest BCUT2D eigenvalue weighted by atomic mass is 10.1. The van der Waals surface area contributed by atoms with E-state index in [9.17, 15) is 0 Å². The number of hydrogen-bond donors (Lipinski definition) is 0. The fourth-order valence-electron chi connectivity index (χ4n) is 5.30. The standard InChI is InChI=1S/C32H30N2OP/c1-6-16-26(17-7-1)30-33-31(32(35-30)34-24-14-5-15-25-34)36(27-18-8-2-9-19-27,28-20-10-3-11-21-28)29-22-12-4-13-23-29/h1-4,6-13,16-23H,5,14-15,24-25H2/q+1. The molecule has 0 N–H and O–H groups in total. The van der Waals surface area contributed by atoms with Gasteiger partial charge in [-0.2, -0.15) is 4.98 Å². The van der Waals surface area contributed by atoms with Crippen LogP contribution < -0.4 is 26.2 Å². The summed E-state index contributed by atoms with van der Waals surface area (Å²) in [7, 11) is -2.36. The molecule has 4 heteroatoms. The van der Waals surface area contributed by atoms with Gasteiger partial charge in [0, 0.05) is 18.7 Å². The van der Waals surface area contributed by atoms with Crippen LogP contribution in [-0.4, -0.2) is 18.1 Å². The number of benzene rings is 4. The maximum absolute atomic E-state index is 6.75. The Kier molecular flexibility index (Phi) is 6.40. The van der Waals surface area contributed by atoms with Gasteiger partial charge in [0.15, 0.2) is 7.26 Å². The Hall–Kier alpha value is -3.68. The molecule has 6 rings (SSSR count). The van der Waals surface area contributed by atoms with Crippen LogP contribution in [0.1, 0.15) is 19.3 Å². The maximum Gasteiger partial charge on any atom is 0.262 e. The molecule has 1 fully saturated rings. The first kappa shape index (κ1) is 22.8. The highest BCUT2D eigenvalue weighted by Gasteiger charge is 2.53. The molecule has 3 nitrogen and oxygen atoms in total. The van der Waals surface area contributed by atoms with Gasteiger partial charge in [-0.05, 0) is 67.8 Å². The molecule has 0 bridgehead atoms. The van der Waals surface area contributed by atoms with Crippen LogP contribution in [0.3, 0.4) is 0 Å². The molecule has 0 unspecified atom stereocenters. The number of hydrogen-bond acceptors (Lipinski definition) is 3. The summed E-state index contributed by atoms with van der Waals surface area (Å²) in [6.07, 6.45) is 3.62. The van der Waals surface area contributed by atoms with E-state index < -0.39 is 7.26 Å². The van der Waals surface area contributed by atoms with Gasteiger partial charge in [0.05, 0.1) is 0 Å². The Bertz CT molecular complexity index is 1300. The summed E-state index contributed by atoms with van der Waals surface area (Å²) >= 11 is 0. The van der Waals surface area contributed by atoms with Crippen molar-refractivity contribution >= 4 is 34.5 Å². The highest BCUT2D eigenvalue weighted by molar-refractivity contribution is 8.01. The first-order valence-corrected chi connectivity index (χ1v) is 14.5. The second kappa shape index (κ2) is 10.1. The van der Waals surface area contributed by atoms with Crippen LogP contribution in [0, 0.1) is 0 Å². The quantitative estimate of drug-likeness (QED) is 0.276. The zero-order valence-corrected chi connectivity index (χ0v) is 21.2. The van der Waals surface area contributed by atoms with E-state index in [1.807, 2.05) is 18.2 Å². The van der Waals surface area contributed by atoms with E-state index in [1.165, 1.54) is 35.2 Å². The van der Waals surface area contributed by atoms with Crippen LogP contribution >= 0.6 is 7.26 Å². The molecule has 4 aromatic carbocycles. The van der Waals surface area contributed by atoms with Crippen molar-refractivity contribution in [2.45, 2.75) is 19.3 Å². The summed E-state index contributed by atoms with van der Waals surface area (Å²) in [6.45, 7) is 1.99. The Morgan fingerprint density at radius 2 is 1.00 bits per heavy atom. The summed E-state index contributed by atoms with van der Waals surface area (Å²) in [5.74, 6) is 1.62. The molecule has 0 aliphatic carbocycles. The van der Waals surface area contributed by atoms with Crippen LogP contribution in [0.15, 0.2) is 126 Å². The molecular weight excluding hydrogens is 459 g/mol. The van der Waals surface area contributed by atoms with Gasteiger partial charge >= 0.3 is 0 Å². The highest BCUT2D eigenvalue weighted by Crippen LogP contribution is 2.56. The second-order valence-corrected chi connectivity index (χ2v) is 12.6. The zero-order chi connectivity index (χ0) is 24.2. The van der Waals surface area contributed by atoms with Crippen LogP contribution in [0.5, 0.6) is 0 Å². The molecule has 1 aliphatic heterocycles. The average molecular weight is 490 g/mol. The van der Waals surface area contributed by atoms with Gasteiger partial charge in [0.2, 0.25) is 5.89 Å². The van der Waals surface area contributed by atoms with Crippen molar-refractivity contribution in [3.05, 3.63) is 121 Å². The molecule has 0 spiro atoms. The number of piperidine rings is 1. The van der Waals surface area contributed by atoms with E-state index >= 15 is 0 Å². The number of oxazole rings is 1. The van der Waals surface area contributed by atoms with E-state index in [4.69, 9.17) is 9.40 Å². The molecule has 1 aliphatic rings. The third kappa shape index (κ3) is 4.04. The van der Waals surface area contributed by atoms with E-state index in [0.717, 1.165) is 30.0 Å². The van der Waals surface area contributed by atoms with Crippen molar-refractivity contribution in [1.82, 2.24) is 4.98 Å². The van der Waals surface area contributed by atoms with Crippen molar-refractivity contribution < 1.29 is 4.42 Å². The van der Waals surface area contributed by atoms with Gasteiger partial charge < -0.3 is 9.32 Å². The third-order valence-corrected chi connectivity index (χ3v) is 11.1. The molecule has 0 saturated carbocycles. The van der Waals surface area contributed by atoms with Gasteiger partial charge in [-0.15, -0.1) is 0 Å². The number of anilines is 1. The van der Waals surface area contributed by atoms with E-state index in [-0.39, 0.29) is 0 Å². The minimum Gasteiger partial charge on any atom is -0.416 e. The van der Waals surface area contributed by atoms with Crippen molar-refractivity contribution in [3.63, 3.8) is 0 Å². The molecule has 0 amide bonds. The van der Waals surface area contributed by atoms with Gasteiger partial charge in [-0.25, -0.2) is 0 Å². The Morgan fingerprint density at radius 1 is 0.556 bits per heavy atom. The minimum absolute atomic E-state index is 0.693. The summed E-state index contributed by atoms with van der Waals surface area (Å²) in [5.41, 5.74) is 2.07. The monoisotopic (exact) mass is 489 g/mol. The first-order valence-electron chi connectivity index (χ1n) is 12.7. The molecule has 0 atom stereocenters. The van der Waals surface area contributed by atoms with Crippen LogP contribution in [0.25, 0.3) is 11.5 Å². The molecule has 1 aromatic heterocycles. The number of rotatable bonds is 6. The fourth-order valence-corrected chi connectivity index (χ4v) is 9.50. The van der Waals surface area contributed by atoms with E-state index in [2.05, 4.69) is 108 Å². The van der Waals surface area contributed by atoms with Crippen molar-refractivity contribution in [2.24, 2.45) is 0 Å². The Labute approximate surface area is 213 Å². The average Bonchev–Trinajstić information content (AvgIpc) is 3.42. The first-order chi connectivity index (χ1) is 17.9. The molecule has 36 heavy (non-hydrogen) atoms.